The molecule has 13 heavy (non-hydrogen) atoms. The molecule has 1 unspecified atom stereocenters. The van der Waals surface area contributed by atoms with E-state index in [-0.39, 0.29) is 6.61 Å². The topological polar surface area (TPSA) is 38.7 Å². The fourth-order valence-electron chi connectivity index (χ4n) is 0.802. The van der Waals surface area contributed by atoms with Gasteiger partial charge in [-0.3, -0.25) is 0 Å². The van der Waals surface area contributed by atoms with Gasteiger partial charge in [0.1, 0.15) is 21.1 Å². The number of hydrogen-bond acceptors (Lipinski definition) is 4. The molecule has 0 amide bonds. The third-order valence-electron chi connectivity index (χ3n) is 1.29. The van der Waals surface area contributed by atoms with Crippen LogP contribution in [0.2, 0.25) is 0 Å². The largest absolute Gasteiger partial charge is 0.390 e. The summed E-state index contributed by atoms with van der Waals surface area (Å²) in [5.41, 5.74) is 0. The fraction of sp³-hybridized carbons (Fsp3) is 1.00. The van der Waals surface area contributed by atoms with Crippen molar-refractivity contribution in [1.82, 2.24) is 0 Å². The summed E-state index contributed by atoms with van der Waals surface area (Å²) < 4.78 is 22.7. The molecule has 0 aliphatic rings. The Morgan fingerprint density at radius 2 is 2.31 bits per heavy atom. The third-order valence-corrected chi connectivity index (χ3v) is 1.95. The van der Waals surface area contributed by atoms with Gasteiger partial charge in [0.2, 0.25) is 0 Å². The molecule has 0 saturated heterocycles. The van der Waals surface area contributed by atoms with Crippen LogP contribution in [0.3, 0.4) is 0 Å². The Morgan fingerprint density at radius 3 is 2.69 bits per heavy atom. The minimum atomic E-state index is -2.19. The smallest absolute Gasteiger partial charge is 0.255 e. The van der Waals surface area contributed by atoms with Crippen molar-refractivity contribution in [2.75, 3.05) is 32.3 Å². The molecule has 0 aromatic carbocycles. The standard InChI is InChI=1S/C7H14BFO3S/c1-11-5-7(9,4-10)12-6(8)3-13-2/h6,10H,3-5H2,1-2H3/t6?,7-/m0/s1. The molecule has 0 aliphatic carbocycles. The SMILES string of the molecule is [B]C(CSC)O[C@@](F)(CO)COC. The van der Waals surface area contributed by atoms with Gasteiger partial charge in [0.15, 0.2) is 0 Å². The van der Waals surface area contributed by atoms with Crippen molar-refractivity contribution in [3.63, 3.8) is 0 Å². The molecule has 0 spiro atoms. The summed E-state index contributed by atoms with van der Waals surface area (Å²) in [4.78, 5) is 0. The molecule has 0 aromatic heterocycles. The molecule has 0 bridgehead atoms. The number of halogens is 1. The van der Waals surface area contributed by atoms with E-state index in [1.807, 2.05) is 6.26 Å². The first-order valence-electron chi connectivity index (χ1n) is 3.79. The Hall–Kier alpha value is 0.225. The summed E-state index contributed by atoms with van der Waals surface area (Å²) >= 11 is 1.44. The van der Waals surface area contributed by atoms with Crippen LogP contribution in [-0.2, 0) is 9.47 Å². The van der Waals surface area contributed by atoms with Crippen LogP contribution in [0.25, 0.3) is 0 Å². The zero-order valence-electron chi connectivity index (χ0n) is 7.83. The normalized spacial score (nSPS) is 18.2. The Balaban J connectivity index is 3.93. The van der Waals surface area contributed by atoms with Gasteiger partial charge in [-0.25, -0.2) is 4.39 Å². The van der Waals surface area contributed by atoms with E-state index in [0.29, 0.717) is 5.75 Å². The summed E-state index contributed by atoms with van der Waals surface area (Å²) in [5.74, 6) is -1.72. The molecular formula is C7H14BFO3S. The van der Waals surface area contributed by atoms with E-state index in [1.54, 1.807) is 0 Å². The van der Waals surface area contributed by atoms with Crippen LogP contribution in [0.4, 0.5) is 4.39 Å². The number of thioether (sulfide) groups is 1. The highest BCUT2D eigenvalue weighted by atomic mass is 32.2. The predicted molar refractivity (Wildman–Crippen MR) is 51.8 cm³/mol. The summed E-state index contributed by atoms with van der Waals surface area (Å²) in [7, 11) is 6.75. The summed E-state index contributed by atoms with van der Waals surface area (Å²) in [6, 6.07) is -0.734. The lowest BCUT2D eigenvalue weighted by molar-refractivity contribution is -0.203. The second-order valence-corrected chi connectivity index (χ2v) is 3.50. The molecule has 1 N–H and O–H groups in total. The first-order valence-corrected chi connectivity index (χ1v) is 5.18. The molecule has 0 heterocycles. The molecule has 0 aliphatic heterocycles. The van der Waals surface area contributed by atoms with Crippen molar-refractivity contribution >= 4 is 19.6 Å². The second-order valence-electron chi connectivity index (χ2n) is 2.59. The van der Waals surface area contributed by atoms with E-state index in [1.165, 1.54) is 18.9 Å². The maximum absolute atomic E-state index is 13.4. The molecule has 0 fully saturated rings. The highest BCUT2D eigenvalue weighted by Crippen LogP contribution is 2.16. The summed E-state index contributed by atoms with van der Waals surface area (Å²) in [5, 5.41) is 8.69. The Bertz CT molecular complexity index is 141. The number of methoxy groups -OCH3 is 1. The highest BCUT2D eigenvalue weighted by Gasteiger charge is 2.31. The first kappa shape index (κ1) is 13.2. The molecule has 3 nitrogen and oxygen atoms in total. The van der Waals surface area contributed by atoms with Gasteiger partial charge in [0.05, 0.1) is 0 Å². The van der Waals surface area contributed by atoms with Gasteiger partial charge in [-0.15, -0.1) is 0 Å². The van der Waals surface area contributed by atoms with E-state index in [0.717, 1.165) is 0 Å². The van der Waals surface area contributed by atoms with Crippen LogP contribution in [0.15, 0.2) is 0 Å². The average Bonchev–Trinajstić information content (AvgIpc) is 2.05. The lowest BCUT2D eigenvalue weighted by Crippen LogP contribution is -2.41. The van der Waals surface area contributed by atoms with Crippen LogP contribution < -0.4 is 0 Å². The Morgan fingerprint density at radius 1 is 1.69 bits per heavy atom. The second kappa shape index (κ2) is 6.65. The number of alkyl halides is 1. The van der Waals surface area contributed by atoms with Crippen LogP contribution in [0.5, 0.6) is 0 Å². The average molecular weight is 208 g/mol. The van der Waals surface area contributed by atoms with Crippen LogP contribution in [0.1, 0.15) is 0 Å². The van der Waals surface area contributed by atoms with E-state index in [4.69, 9.17) is 17.7 Å². The maximum atomic E-state index is 13.4. The third kappa shape index (κ3) is 5.51. The van der Waals surface area contributed by atoms with Crippen LogP contribution >= 0.6 is 11.8 Å². The van der Waals surface area contributed by atoms with Crippen molar-refractivity contribution < 1.29 is 19.0 Å². The maximum Gasteiger partial charge on any atom is 0.255 e. The van der Waals surface area contributed by atoms with Crippen molar-refractivity contribution in [3.8, 4) is 0 Å². The zero-order valence-corrected chi connectivity index (χ0v) is 8.64. The van der Waals surface area contributed by atoms with Gasteiger partial charge >= 0.3 is 0 Å². The molecule has 0 rings (SSSR count). The van der Waals surface area contributed by atoms with Crippen LogP contribution in [0, 0.1) is 0 Å². The van der Waals surface area contributed by atoms with E-state index in [9.17, 15) is 4.39 Å². The van der Waals surface area contributed by atoms with Gasteiger partial charge in [-0.1, -0.05) is 0 Å². The fourth-order valence-corrected chi connectivity index (χ4v) is 1.20. The summed E-state index contributed by atoms with van der Waals surface area (Å²) in [6.07, 6.45) is 1.83. The summed E-state index contributed by atoms with van der Waals surface area (Å²) in [6.45, 7) is -1.09. The Labute approximate surface area is 83.4 Å². The van der Waals surface area contributed by atoms with Gasteiger partial charge in [-0.2, -0.15) is 11.8 Å². The van der Waals surface area contributed by atoms with Gasteiger partial charge in [0, 0.05) is 18.9 Å². The number of rotatable bonds is 7. The van der Waals surface area contributed by atoms with Gasteiger partial charge < -0.3 is 14.6 Å². The van der Waals surface area contributed by atoms with Gasteiger partial charge in [0.25, 0.3) is 5.85 Å². The first-order chi connectivity index (χ1) is 6.08. The quantitative estimate of drug-likeness (QED) is 0.605. The molecule has 0 saturated carbocycles. The van der Waals surface area contributed by atoms with Crippen molar-refractivity contribution in [2.45, 2.75) is 11.9 Å². The zero-order chi connectivity index (χ0) is 10.3. The molecule has 2 radical (unpaired) electrons. The highest BCUT2D eigenvalue weighted by molar-refractivity contribution is 7.98. The monoisotopic (exact) mass is 208 g/mol. The van der Waals surface area contributed by atoms with E-state index >= 15 is 0 Å². The number of aliphatic hydroxyl groups is 1. The molecular weight excluding hydrogens is 194 g/mol. The molecule has 2 atom stereocenters. The van der Waals surface area contributed by atoms with Gasteiger partial charge in [-0.05, 0) is 6.26 Å². The minimum absolute atomic E-state index is 0.328. The molecule has 76 valence electrons. The number of hydrogen-bond donors (Lipinski definition) is 1. The molecule has 0 aromatic rings. The molecule has 6 heteroatoms. The van der Waals surface area contributed by atoms with Crippen molar-refractivity contribution in [1.29, 1.82) is 0 Å². The van der Waals surface area contributed by atoms with E-state index < -0.39 is 18.5 Å². The minimum Gasteiger partial charge on any atom is -0.390 e. The van der Waals surface area contributed by atoms with E-state index in [2.05, 4.69) is 4.74 Å². The number of aliphatic hydroxyl groups excluding tert-OH is 1. The lowest BCUT2D eigenvalue weighted by Gasteiger charge is -2.26. The van der Waals surface area contributed by atoms with Crippen LogP contribution in [-0.4, -0.2) is 57.1 Å². The van der Waals surface area contributed by atoms with Crippen molar-refractivity contribution in [2.24, 2.45) is 0 Å². The number of ether oxygens (including phenoxy) is 2. The predicted octanol–water partition coefficient (Wildman–Crippen LogP) is 0.165. The lowest BCUT2D eigenvalue weighted by atomic mass is 10.0. The van der Waals surface area contributed by atoms with Crippen molar-refractivity contribution in [3.05, 3.63) is 0 Å². The Kier molecular flexibility index (Phi) is 6.76.